The molecule has 2 aromatic carbocycles. The summed E-state index contributed by atoms with van der Waals surface area (Å²) < 4.78 is 0. The number of aliphatic hydroxyl groups excluding tert-OH is 1. The second-order valence-electron chi connectivity index (χ2n) is 6.84. The maximum Gasteiger partial charge on any atom is 0.183 e. The molecule has 1 saturated carbocycles. The predicted molar refractivity (Wildman–Crippen MR) is 102 cm³/mol. The number of aromatic amines is 1. The average Bonchev–Trinajstić information content (AvgIpc) is 3.28. The van der Waals surface area contributed by atoms with E-state index in [0.717, 1.165) is 47.4 Å². The van der Waals surface area contributed by atoms with Crippen molar-refractivity contribution in [2.45, 2.75) is 31.4 Å². The number of hydrogen-bond donors (Lipinski definition) is 3. The van der Waals surface area contributed by atoms with Crippen molar-refractivity contribution in [2.24, 2.45) is 0 Å². The van der Waals surface area contributed by atoms with E-state index in [1.165, 1.54) is 11.7 Å². The summed E-state index contributed by atoms with van der Waals surface area (Å²) in [4.78, 5) is 16.8. The van der Waals surface area contributed by atoms with Crippen LogP contribution in [0.5, 0.6) is 0 Å². The third-order valence-corrected chi connectivity index (χ3v) is 5.08. The summed E-state index contributed by atoms with van der Waals surface area (Å²) in [5.74, 6) is 1.53. The molecule has 3 N–H and O–H groups in total. The lowest BCUT2D eigenvalue weighted by Gasteiger charge is -2.12. The summed E-state index contributed by atoms with van der Waals surface area (Å²) >= 11 is 0. The Morgan fingerprint density at radius 3 is 2.81 bits per heavy atom. The van der Waals surface area contributed by atoms with Gasteiger partial charge in [-0.1, -0.05) is 42.5 Å². The highest BCUT2D eigenvalue weighted by Crippen LogP contribution is 2.30. The van der Waals surface area contributed by atoms with Crippen LogP contribution in [0.25, 0.3) is 33.3 Å². The van der Waals surface area contributed by atoms with Gasteiger partial charge in [-0.05, 0) is 30.0 Å². The van der Waals surface area contributed by atoms with Crippen molar-refractivity contribution in [1.82, 2.24) is 19.9 Å². The molecule has 0 radical (unpaired) electrons. The van der Waals surface area contributed by atoms with Crippen molar-refractivity contribution >= 4 is 27.8 Å². The molecule has 0 spiro atoms. The largest absolute Gasteiger partial charge is 0.393 e. The van der Waals surface area contributed by atoms with Crippen LogP contribution < -0.4 is 5.32 Å². The fourth-order valence-corrected chi connectivity index (χ4v) is 3.78. The highest BCUT2D eigenvalue weighted by atomic mass is 16.3. The minimum Gasteiger partial charge on any atom is -0.393 e. The van der Waals surface area contributed by atoms with Crippen molar-refractivity contribution in [3.63, 3.8) is 0 Å². The summed E-state index contributed by atoms with van der Waals surface area (Å²) in [6.07, 6.45) is 3.82. The van der Waals surface area contributed by atoms with Crippen LogP contribution in [0.1, 0.15) is 19.3 Å². The number of anilines is 1. The SMILES string of the molecule is O[C@H]1CC[C@@H](Nc2ncnc3nc(-c4cccc5ccccc45)[nH]c23)C1. The normalized spacial score (nSPS) is 20.0. The van der Waals surface area contributed by atoms with Crippen molar-refractivity contribution in [3.05, 3.63) is 48.8 Å². The van der Waals surface area contributed by atoms with Gasteiger partial charge in [-0.2, -0.15) is 0 Å². The number of fused-ring (bicyclic) bond motifs is 2. The molecule has 2 heterocycles. The number of rotatable bonds is 3. The van der Waals surface area contributed by atoms with E-state index < -0.39 is 0 Å². The molecule has 130 valence electrons. The monoisotopic (exact) mass is 345 g/mol. The molecule has 1 aliphatic carbocycles. The predicted octanol–water partition coefficient (Wildman–Crippen LogP) is 3.50. The molecule has 2 aromatic heterocycles. The molecular formula is C20H19N5O. The first-order chi connectivity index (χ1) is 12.8. The van der Waals surface area contributed by atoms with Crippen molar-refractivity contribution in [2.75, 3.05) is 5.32 Å². The zero-order valence-electron chi connectivity index (χ0n) is 14.2. The molecule has 6 heteroatoms. The molecule has 5 rings (SSSR count). The summed E-state index contributed by atoms with van der Waals surface area (Å²) in [5, 5.41) is 15.5. The van der Waals surface area contributed by atoms with Gasteiger partial charge in [0.15, 0.2) is 11.5 Å². The van der Waals surface area contributed by atoms with Crippen molar-refractivity contribution < 1.29 is 5.11 Å². The summed E-state index contributed by atoms with van der Waals surface area (Å²) in [5.41, 5.74) is 2.49. The number of H-pyrrole nitrogens is 1. The van der Waals surface area contributed by atoms with Gasteiger partial charge in [0.05, 0.1) is 6.10 Å². The topological polar surface area (TPSA) is 86.7 Å². The van der Waals surface area contributed by atoms with Gasteiger partial charge >= 0.3 is 0 Å². The van der Waals surface area contributed by atoms with Crippen LogP contribution in [0, 0.1) is 0 Å². The molecule has 0 bridgehead atoms. The first kappa shape index (κ1) is 15.3. The molecule has 0 amide bonds. The van der Waals surface area contributed by atoms with Gasteiger partial charge in [-0.25, -0.2) is 15.0 Å². The lowest BCUT2D eigenvalue weighted by Crippen LogP contribution is -2.17. The minimum absolute atomic E-state index is 0.224. The molecule has 4 aromatic rings. The number of nitrogens with zero attached hydrogens (tertiary/aromatic N) is 3. The molecule has 1 aliphatic rings. The maximum atomic E-state index is 9.75. The molecular weight excluding hydrogens is 326 g/mol. The Morgan fingerprint density at radius 1 is 1.04 bits per heavy atom. The Balaban J connectivity index is 1.58. The van der Waals surface area contributed by atoms with Crippen LogP contribution in [0.15, 0.2) is 48.8 Å². The van der Waals surface area contributed by atoms with Crippen molar-refractivity contribution in [3.8, 4) is 11.4 Å². The van der Waals surface area contributed by atoms with E-state index in [-0.39, 0.29) is 12.1 Å². The van der Waals surface area contributed by atoms with Crippen molar-refractivity contribution in [1.29, 1.82) is 0 Å². The summed E-state index contributed by atoms with van der Waals surface area (Å²) in [7, 11) is 0. The van der Waals surface area contributed by atoms with Gasteiger partial charge in [-0.15, -0.1) is 0 Å². The molecule has 1 fully saturated rings. The van der Waals surface area contributed by atoms with E-state index in [9.17, 15) is 5.11 Å². The summed E-state index contributed by atoms with van der Waals surface area (Å²) in [6.45, 7) is 0. The minimum atomic E-state index is -0.224. The highest BCUT2D eigenvalue weighted by molar-refractivity contribution is 5.97. The first-order valence-corrected chi connectivity index (χ1v) is 8.91. The van der Waals surface area contributed by atoms with Crippen LogP contribution in [0.4, 0.5) is 5.82 Å². The second-order valence-corrected chi connectivity index (χ2v) is 6.84. The lowest BCUT2D eigenvalue weighted by molar-refractivity contribution is 0.182. The standard InChI is InChI=1S/C20H19N5O/c26-14-9-8-13(10-14)23-19-17-20(22-11-21-19)25-18(24-17)16-7-3-5-12-4-1-2-6-15(12)16/h1-7,11,13-14,26H,8-10H2,(H2,21,22,23,24,25)/t13-,14+/m1/s1. The molecule has 0 unspecified atom stereocenters. The number of aliphatic hydroxyl groups is 1. The van der Waals surface area contributed by atoms with E-state index >= 15 is 0 Å². The van der Waals surface area contributed by atoms with Gasteiger partial charge in [-0.3, -0.25) is 0 Å². The van der Waals surface area contributed by atoms with Crippen LogP contribution >= 0.6 is 0 Å². The molecule has 6 nitrogen and oxygen atoms in total. The van der Waals surface area contributed by atoms with E-state index in [1.807, 2.05) is 18.2 Å². The Bertz CT molecular complexity index is 1080. The Kier molecular flexibility index (Phi) is 3.57. The Morgan fingerprint density at radius 2 is 1.92 bits per heavy atom. The maximum absolute atomic E-state index is 9.75. The van der Waals surface area contributed by atoms with Crippen LogP contribution in [0.3, 0.4) is 0 Å². The van der Waals surface area contributed by atoms with Gasteiger partial charge in [0.25, 0.3) is 0 Å². The fraction of sp³-hybridized carbons (Fsp3) is 0.250. The zero-order chi connectivity index (χ0) is 17.5. The van der Waals surface area contributed by atoms with E-state index in [4.69, 9.17) is 0 Å². The van der Waals surface area contributed by atoms with E-state index in [2.05, 4.69) is 49.5 Å². The first-order valence-electron chi connectivity index (χ1n) is 8.91. The van der Waals surface area contributed by atoms with Crippen LogP contribution in [0.2, 0.25) is 0 Å². The Hall–Kier alpha value is -2.99. The lowest BCUT2D eigenvalue weighted by atomic mass is 10.0. The number of benzene rings is 2. The number of nitrogens with one attached hydrogen (secondary N) is 2. The highest BCUT2D eigenvalue weighted by Gasteiger charge is 2.24. The number of hydrogen-bond acceptors (Lipinski definition) is 5. The molecule has 0 aliphatic heterocycles. The number of aromatic nitrogens is 4. The fourth-order valence-electron chi connectivity index (χ4n) is 3.78. The van der Waals surface area contributed by atoms with Gasteiger partial charge < -0.3 is 15.4 Å². The van der Waals surface area contributed by atoms with Crippen LogP contribution in [-0.2, 0) is 0 Å². The smallest absolute Gasteiger partial charge is 0.183 e. The molecule has 26 heavy (non-hydrogen) atoms. The zero-order valence-corrected chi connectivity index (χ0v) is 14.2. The van der Waals surface area contributed by atoms with Crippen LogP contribution in [-0.4, -0.2) is 37.2 Å². The molecule has 0 saturated heterocycles. The quantitative estimate of drug-likeness (QED) is 0.529. The summed E-state index contributed by atoms with van der Waals surface area (Å²) in [6, 6.07) is 14.7. The third kappa shape index (κ3) is 2.59. The molecule has 2 atom stereocenters. The van der Waals surface area contributed by atoms with E-state index in [1.54, 1.807) is 0 Å². The van der Waals surface area contributed by atoms with Gasteiger partial charge in [0.1, 0.15) is 17.7 Å². The van der Waals surface area contributed by atoms with Gasteiger partial charge in [0.2, 0.25) is 0 Å². The second kappa shape index (κ2) is 6.07. The average molecular weight is 345 g/mol. The van der Waals surface area contributed by atoms with E-state index in [0.29, 0.717) is 5.65 Å². The Labute approximate surface area is 150 Å². The number of imidazole rings is 1. The third-order valence-electron chi connectivity index (χ3n) is 5.08. The van der Waals surface area contributed by atoms with Gasteiger partial charge in [0, 0.05) is 11.6 Å².